The van der Waals surface area contributed by atoms with Crippen molar-refractivity contribution in [3.63, 3.8) is 0 Å². The number of amides is 2. The number of hydrogen-bond donors (Lipinski definition) is 1. The second-order valence-electron chi connectivity index (χ2n) is 5.96. The summed E-state index contributed by atoms with van der Waals surface area (Å²) in [5.41, 5.74) is 7.67. The van der Waals surface area contributed by atoms with Gasteiger partial charge >= 0.3 is 6.03 Å². The molecule has 0 aliphatic carbocycles. The number of benzene rings is 1. The number of likely N-dealkylation sites (tertiary alicyclic amines) is 1. The number of nitrogens with two attached hydrogens (primary N) is 1. The van der Waals surface area contributed by atoms with E-state index in [-0.39, 0.29) is 17.9 Å². The van der Waals surface area contributed by atoms with E-state index in [9.17, 15) is 9.18 Å². The van der Waals surface area contributed by atoms with E-state index >= 15 is 0 Å². The number of urea groups is 1. The molecule has 0 unspecified atom stereocenters. The molecule has 1 aliphatic rings. The van der Waals surface area contributed by atoms with Crippen LogP contribution < -0.4 is 10.6 Å². The molecule has 1 aromatic carbocycles. The highest BCUT2D eigenvalue weighted by Crippen LogP contribution is 2.27. The van der Waals surface area contributed by atoms with E-state index in [0.717, 1.165) is 0 Å². The van der Waals surface area contributed by atoms with Gasteiger partial charge in [-0.1, -0.05) is 0 Å². The van der Waals surface area contributed by atoms with Crippen LogP contribution in [0.3, 0.4) is 0 Å². The number of halogens is 1. The van der Waals surface area contributed by atoms with Gasteiger partial charge in [-0.15, -0.1) is 0 Å². The summed E-state index contributed by atoms with van der Waals surface area (Å²) in [4.78, 5) is 28.1. The maximum atomic E-state index is 13.0. The zero-order chi connectivity index (χ0) is 17.6. The van der Waals surface area contributed by atoms with E-state index in [0.29, 0.717) is 35.8 Å². The second-order valence-corrected chi connectivity index (χ2v) is 5.96. The van der Waals surface area contributed by atoms with Gasteiger partial charge in [-0.2, -0.15) is 0 Å². The van der Waals surface area contributed by atoms with Gasteiger partial charge in [-0.25, -0.2) is 24.1 Å². The topological polar surface area (TPSA) is 93.2 Å². The van der Waals surface area contributed by atoms with Gasteiger partial charge in [0.05, 0.1) is 12.4 Å². The number of imidazole rings is 1. The summed E-state index contributed by atoms with van der Waals surface area (Å²) < 4.78 is 14.9. The molecule has 2 aromatic heterocycles. The van der Waals surface area contributed by atoms with Crippen molar-refractivity contribution in [2.75, 3.05) is 30.8 Å². The number of carbonyl (C=O) groups is 1. The summed E-state index contributed by atoms with van der Waals surface area (Å²) in [5.74, 6) is 0.00825. The summed E-state index contributed by atoms with van der Waals surface area (Å²) >= 11 is 0. The van der Waals surface area contributed by atoms with Gasteiger partial charge in [0, 0.05) is 25.8 Å². The third kappa shape index (κ3) is 2.53. The van der Waals surface area contributed by atoms with Gasteiger partial charge in [0.25, 0.3) is 0 Å². The number of aromatic nitrogens is 4. The monoisotopic (exact) mass is 341 g/mol. The standard InChI is InChI=1S/C16H16FN7O/c1-22(11-4-2-10(17)3-5-11)16(25)23-6-12(7-23)24-9-21-13-14(18)19-8-20-15(13)24/h2-5,8-9,12H,6-7H2,1H3,(H2,18,19,20). The predicted octanol–water partition coefficient (Wildman–Crippen LogP) is 1.66. The molecule has 3 heterocycles. The van der Waals surface area contributed by atoms with Crippen molar-refractivity contribution in [1.82, 2.24) is 24.4 Å². The fourth-order valence-corrected chi connectivity index (χ4v) is 2.91. The minimum Gasteiger partial charge on any atom is -0.382 e. The van der Waals surface area contributed by atoms with Crippen LogP contribution in [-0.4, -0.2) is 50.6 Å². The van der Waals surface area contributed by atoms with Crippen LogP contribution in [0.5, 0.6) is 0 Å². The fourth-order valence-electron chi connectivity index (χ4n) is 2.91. The van der Waals surface area contributed by atoms with Crippen LogP contribution in [0.2, 0.25) is 0 Å². The second kappa shape index (κ2) is 5.69. The van der Waals surface area contributed by atoms with Crippen molar-refractivity contribution in [2.45, 2.75) is 6.04 Å². The highest BCUT2D eigenvalue weighted by Gasteiger charge is 2.34. The van der Waals surface area contributed by atoms with E-state index < -0.39 is 0 Å². The molecule has 9 heteroatoms. The number of fused-ring (bicyclic) bond motifs is 1. The molecule has 0 radical (unpaired) electrons. The highest BCUT2D eigenvalue weighted by atomic mass is 19.1. The average Bonchev–Trinajstić information content (AvgIpc) is 2.99. The van der Waals surface area contributed by atoms with Crippen molar-refractivity contribution >= 4 is 28.7 Å². The summed E-state index contributed by atoms with van der Waals surface area (Å²) in [5, 5.41) is 0. The van der Waals surface area contributed by atoms with Gasteiger partial charge in [0.2, 0.25) is 0 Å². The van der Waals surface area contributed by atoms with E-state index in [1.165, 1.54) is 23.4 Å². The minimum absolute atomic E-state index is 0.0878. The number of rotatable bonds is 2. The lowest BCUT2D eigenvalue weighted by Gasteiger charge is -2.41. The predicted molar refractivity (Wildman–Crippen MR) is 90.5 cm³/mol. The number of carbonyl (C=O) groups excluding carboxylic acids is 1. The normalized spacial score (nSPS) is 14.6. The first-order chi connectivity index (χ1) is 12.0. The van der Waals surface area contributed by atoms with Crippen molar-refractivity contribution in [1.29, 1.82) is 0 Å². The van der Waals surface area contributed by atoms with E-state index in [4.69, 9.17) is 5.73 Å². The number of hydrogen-bond acceptors (Lipinski definition) is 5. The molecule has 2 N–H and O–H groups in total. The number of anilines is 2. The Bertz CT molecular complexity index is 933. The van der Waals surface area contributed by atoms with E-state index in [1.807, 2.05) is 4.57 Å². The molecule has 0 spiro atoms. The van der Waals surface area contributed by atoms with Crippen LogP contribution in [0.15, 0.2) is 36.9 Å². The maximum Gasteiger partial charge on any atom is 0.324 e. The lowest BCUT2D eigenvalue weighted by Crippen LogP contribution is -2.54. The first-order valence-corrected chi connectivity index (χ1v) is 7.76. The van der Waals surface area contributed by atoms with Crippen LogP contribution in [0.1, 0.15) is 6.04 Å². The average molecular weight is 341 g/mol. The van der Waals surface area contributed by atoms with Crippen LogP contribution in [0, 0.1) is 5.82 Å². The molecular formula is C16H16FN7O. The summed E-state index contributed by atoms with van der Waals surface area (Å²) in [6, 6.07) is 5.77. The van der Waals surface area contributed by atoms with E-state index in [1.54, 1.807) is 30.4 Å². The Kier molecular flexibility index (Phi) is 3.48. The van der Waals surface area contributed by atoms with Crippen molar-refractivity contribution < 1.29 is 9.18 Å². The maximum absolute atomic E-state index is 13.0. The molecule has 2 amide bonds. The fraction of sp³-hybridized carbons (Fsp3) is 0.250. The SMILES string of the molecule is CN(C(=O)N1CC(n2cnc3c(N)ncnc32)C1)c1ccc(F)cc1. The van der Waals surface area contributed by atoms with Crippen LogP contribution in [-0.2, 0) is 0 Å². The van der Waals surface area contributed by atoms with Gasteiger partial charge in [-0.3, -0.25) is 4.90 Å². The number of nitrogen functional groups attached to an aromatic ring is 1. The smallest absolute Gasteiger partial charge is 0.324 e. The summed E-state index contributed by atoms with van der Waals surface area (Å²) in [6.45, 7) is 1.08. The third-order valence-electron chi connectivity index (χ3n) is 4.41. The molecular weight excluding hydrogens is 325 g/mol. The molecule has 1 aliphatic heterocycles. The van der Waals surface area contributed by atoms with Crippen LogP contribution in [0.25, 0.3) is 11.2 Å². The molecule has 25 heavy (non-hydrogen) atoms. The Morgan fingerprint density at radius 1 is 1.24 bits per heavy atom. The lowest BCUT2D eigenvalue weighted by atomic mass is 10.1. The summed E-state index contributed by atoms with van der Waals surface area (Å²) in [6.07, 6.45) is 3.08. The molecule has 8 nitrogen and oxygen atoms in total. The van der Waals surface area contributed by atoms with Gasteiger partial charge in [0.1, 0.15) is 17.7 Å². The van der Waals surface area contributed by atoms with Crippen molar-refractivity contribution in [2.24, 2.45) is 0 Å². The Balaban J connectivity index is 1.46. The van der Waals surface area contributed by atoms with Crippen LogP contribution >= 0.6 is 0 Å². The molecule has 1 fully saturated rings. The largest absolute Gasteiger partial charge is 0.382 e. The molecule has 3 aromatic rings. The van der Waals surface area contributed by atoms with Crippen molar-refractivity contribution in [3.8, 4) is 0 Å². The van der Waals surface area contributed by atoms with Gasteiger partial charge in [-0.05, 0) is 24.3 Å². The summed E-state index contributed by atoms with van der Waals surface area (Å²) in [7, 11) is 1.67. The minimum atomic E-state index is -0.332. The first-order valence-electron chi connectivity index (χ1n) is 7.76. The molecule has 1 saturated heterocycles. The lowest BCUT2D eigenvalue weighted by molar-refractivity contribution is 0.132. The quantitative estimate of drug-likeness (QED) is 0.765. The Hall–Kier alpha value is -3.23. The Labute approximate surface area is 142 Å². The van der Waals surface area contributed by atoms with E-state index in [2.05, 4.69) is 15.0 Å². The van der Waals surface area contributed by atoms with Crippen LogP contribution in [0.4, 0.5) is 20.7 Å². The Morgan fingerprint density at radius 3 is 2.68 bits per heavy atom. The van der Waals surface area contributed by atoms with Gasteiger partial charge < -0.3 is 15.2 Å². The molecule has 0 atom stereocenters. The zero-order valence-corrected chi connectivity index (χ0v) is 13.5. The highest BCUT2D eigenvalue weighted by molar-refractivity contribution is 5.92. The van der Waals surface area contributed by atoms with Crippen molar-refractivity contribution in [3.05, 3.63) is 42.7 Å². The molecule has 0 bridgehead atoms. The number of nitrogens with zero attached hydrogens (tertiary/aromatic N) is 6. The zero-order valence-electron chi connectivity index (χ0n) is 13.5. The molecule has 4 rings (SSSR count). The first kappa shape index (κ1) is 15.3. The molecule has 128 valence electrons. The van der Waals surface area contributed by atoms with Gasteiger partial charge in [0.15, 0.2) is 11.5 Å². The Morgan fingerprint density at radius 2 is 1.96 bits per heavy atom. The molecule has 0 saturated carbocycles. The third-order valence-corrected chi connectivity index (χ3v) is 4.41.